The van der Waals surface area contributed by atoms with Gasteiger partial charge in [-0.2, -0.15) is 0 Å². The molecule has 0 aliphatic heterocycles. The van der Waals surface area contributed by atoms with Crippen molar-refractivity contribution in [2.75, 3.05) is 41.6 Å². The average Bonchev–Trinajstić information content (AvgIpc) is 2.76. The van der Waals surface area contributed by atoms with Gasteiger partial charge in [0.1, 0.15) is 17.1 Å². The zero-order valence-electron chi connectivity index (χ0n) is 16.9. The first kappa shape index (κ1) is 21.9. The molecule has 8 heteroatoms. The first-order valence-electron chi connectivity index (χ1n) is 8.89. The van der Waals surface area contributed by atoms with Crippen molar-refractivity contribution in [2.45, 2.75) is 6.42 Å². The number of carbonyl (C=O) groups excluding carboxylic acids is 2. The normalized spacial score (nSPS) is 10.1. The van der Waals surface area contributed by atoms with E-state index in [9.17, 15) is 9.59 Å². The molecule has 0 atom stereocenters. The Balaban J connectivity index is 1.86. The van der Waals surface area contributed by atoms with Gasteiger partial charge in [-0.15, -0.1) is 0 Å². The highest BCUT2D eigenvalue weighted by Crippen LogP contribution is 2.29. The molecule has 0 saturated carbocycles. The second-order valence-corrected chi connectivity index (χ2v) is 5.90. The third kappa shape index (κ3) is 5.78. The van der Waals surface area contributed by atoms with Crippen LogP contribution in [0.25, 0.3) is 0 Å². The Morgan fingerprint density at radius 3 is 2.03 bits per heavy atom. The van der Waals surface area contributed by atoms with Crippen LogP contribution in [-0.4, -0.2) is 53.5 Å². The molecule has 0 saturated heterocycles. The van der Waals surface area contributed by atoms with Crippen LogP contribution >= 0.6 is 0 Å². The van der Waals surface area contributed by atoms with Gasteiger partial charge in [0, 0.05) is 6.54 Å². The van der Waals surface area contributed by atoms with Crippen LogP contribution < -0.4 is 24.3 Å². The summed E-state index contributed by atoms with van der Waals surface area (Å²) in [5.41, 5.74) is 1.11. The number of hydrogen-bond acceptors (Lipinski definition) is 7. The van der Waals surface area contributed by atoms with Crippen molar-refractivity contribution in [3.8, 4) is 23.0 Å². The molecular weight excluding hydrogens is 378 g/mol. The van der Waals surface area contributed by atoms with Crippen LogP contribution in [0.15, 0.2) is 36.4 Å². The molecule has 0 aliphatic rings. The number of amides is 1. The number of methoxy groups -OCH3 is 4. The second-order valence-electron chi connectivity index (χ2n) is 5.90. The van der Waals surface area contributed by atoms with Gasteiger partial charge in [-0.3, -0.25) is 4.79 Å². The van der Waals surface area contributed by atoms with Gasteiger partial charge >= 0.3 is 5.97 Å². The van der Waals surface area contributed by atoms with Gasteiger partial charge in [-0.25, -0.2) is 4.79 Å². The van der Waals surface area contributed by atoms with Crippen LogP contribution in [0.2, 0.25) is 0 Å². The molecule has 2 aromatic carbocycles. The fourth-order valence-electron chi connectivity index (χ4n) is 2.69. The van der Waals surface area contributed by atoms with Crippen molar-refractivity contribution in [3.63, 3.8) is 0 Å². The highest BCUT2D eigenvalue weighted by Gasteiger charge is 2.20. The summed E-state index contributed by atoms with van der Waals surface area (Å²) in [6, 6.07) is 10.5. The predicted octanol–water partition coefficient (Wildman–Crippen LogP) is 2.24. The lowest BCUT2D eigenvalue weighted by molar-refractivity contribution is -0.124. The Labute approximate surface area is 169 Å². The van der Waals surface area contributed by atoms with Crippen LogP contribution in [0, 0.1) is 0 Å². The summed E-state index contributed by atoms with van der Waals surface area (Å²) in [7, 11) is 6.01. The summed E-state index contributed by atoms with van der Waals surface area (Å²) in [5.74, 6) is 0.767. The molecule has 1 amide bonds. The largest absolute Gasteiger partial charge is 0.496 e. The van der Waals surface area contributed by atoms with Crippen LogP contribution in [0.4, 0.5) is 0 Å². The quantitative estimate of drug-likeness (QED) is 0.608. The SMILES string of the molecule is COc1ccc(CCNC(=O)COC(=O)c2c(OC)cccc2OC)cc1OC. The third-order valence-corrected chi connectivity index (χ3v) is 4.15. The molecule has 0 unspecified atom stereocenters. The summed E-state index contributed by atoms with van der Waals surface area (Å²) in [6.45, 7) is -0.0319. The van der Waals surface area contributed by atoms with Gasteiger partial charge in [0.2, 0.25) is 0 Å². The highest BCUT2D eigenvalue weighted by atomic mass is 16.5. The van der Waals surface area contributed by atoms with Crippen molar-refractivity contribution >= 4 is 11.9 Å². The summed E-state index contributed by atoms with van der Waals surface area (Å²) < 4.78 is 25.9. The molecule has 0 aromatic heterocycles. The Morgan fingerprint density at radius 1 is 0.828 bits per heavy atom. The average molecular weight is 403 g/mol. The number of carbonyl (C=O) groups is 2. The monoisotopic (exact) mass is 403 g/mol. The summed E-state index contributed by atoms with van der Waals surface area (Å²) in [4.78, 5) is 24.4. The van der Waals surface area contributed by atoms with E-state index >= 15 is 0 Å². The number of benzene rings is 2. The molecule has 0 heterocycles. The summed E-state index contributed by atoms with van der Waals surface area (Å²) in [5, 5.41) is 2.71. The van der Waals surface area contributed by atoms with Crippen LogP contribution in [0.1, 0.15) is 15.9 Å². The fraction of sp³-hybridized carbons (Fsp3) is 0.333. The van der Waals surface area contributed by atoms with E-state index in [-0.39, 0.29) is 5.56 Å². The fourth-order valence-corrected chi connectivity index (χ4v) is 2.69. The lowest BCUT2D eigenvalue weighted by atomic mass is 10.1. The molecular formula is C21H25NO7. The van der Waals surface area contributed by atoms with Gasteiger partial charge in [-0.1, -0.05) is 12.1 Å². The molecule has 8 nitrogen and oxygen atoms in total. The van der Waals surface area contributed by atoms with E-state index in [0.717, 1.165) is 5.56 Å². The van der Waals surface area contributed by atoms with Gasteiger partial charge in [-0.05, 0) is 36.2 Å². The minimum absolute atomic E-state index is 0.135. The maximum absolute atomic E-state index is 12.3. The topological polar surface area (TPSA) is 92.3 Å². The van der Waals surface area contributed by atoms with E-state index in [1.54, 1.807) is 38.5 Å². The van der Waals surface area contributed by atoms with E-state index in [4.69, 9.17) is 23.7 Å². The summed E-state index contributed by atoms with van der Waals surface area (Å²) in [6.07, 6.45) is 0.584. The maximum Gasteiger partial charge on any atom is 0.346 e. The number of esters is 1. The summed E-state index contributed by atoms with van der Waals surface area (Å²) >= 11 is 0. The molecule has 1 N–H and O–H groups in total. The van der Waals surface area contributed by atoms with E-state index in [0.29, 0.717) is 36.0 Å². The molecule has 2 aromatic rings. The third-order valence-electron chi connectivity index (χ3n) is 4.15. The Bertz CT molecular complexity index is 829. The Kier molecular flexibility index (Phi) is 8.14. The molecule has 0 fully saturated rings. The van der Waals surface area contributed by atoms with E-state index < -0.39 is 18.5 Å². The van der Waals surface area contributed by atoms with Gasteiger partial charge in [0.15, 0.2) is 18.1 Å². The minimum atomic E-state index is -0.700. The molecule has 156 valence electrons. The lowest BCUT2D eigenvalue weighted by Gasteiger charge is -2.12. The molecule has 0 aliphatic carbocycles. The van der Waals surface area contributed by atoms with Crippen LogP contribution in [0.5, 0.6) is 23.0 Å². The van der Waals surface area contributed by atoms with Crippen LogP contribution in [0.3, 0.4) is 0 Å². The zero-order valence-corrected chi connectivity index (χ0v) is 16.9. The smallest absolute Gasteiger partial charge is 0.346 e. The molecule has 29 heavy (non-hydrogen) atoms. The standard InChI is InChI=1S/C21H25NO7/c1-25-15-9-8-14(12-18(15)28-4)10-11-22-19(23)13-29-21(24)20-16(26-2)6-5-7-17(20)27-3/h5-9,12H,10-11,13H2,1-4H3,(H,22,23). The van der Waals surface area contributed by atoms with E-state index in [2.05, 4.69) is 5.32 Å². The maximum atomic E-state index is 12.3. The highest BCUT2D eigenvalue weighted by molar-refractivity contribution is 5.96. The predicted molar refractivity (Wildman–Crippen MR) is 106 cm³/mol. The number of nitrogens with one attached hydrogen (secondary N) is 1. The van der Waals surface area contributed by atoms with Crippen molar-refractivity contribution < 1.29 is 33.3 Å². The van der Waals surface area contributed by atoms with Crippen molar-refractivity contribution in [1.82, 2.24) is 5.32 Å². The van der Waals surface area contributed by atoms with Crippen molar-refractivity contribution in [3.05, 3.63) is 47.5 Å². The lowest BCUT2D eigenvalue weighted by Crippen LogP contribution is -2.30. The van der Waals surface area contributed by atoms with Gasteiger partial charge < -0.3 is 29.0 Å². The first-order chi connectivity index (χ1) is 14.0. The van der Waals surface area contributed by atoms with E-state index in [1.807, 2.05) is 12.1 Å². The zero-order chi connectivity index (χ0) is 21.2. The van der Waals surface area contributed by atoms with Gasteiger partial charge in [0.05, 0.1) is 28.4 Å². The van der Waals surface area contributed by atoms with E-state index in [1.165, 1.54) is 14.2 Å². The Morgan fingerprint density at radius 2 is 1.45 bits per heavy atom. The number of rotatable bonds is 10. The molecule has 0 bridgehead atoms. The minimum Gasteiger partial charge on any atom is -0.496 e. The van der Waals surface area contributed by atoms with Crippen molar-refractivity contribution in [2.24, 2.45) is 0 Å². The molecule has 0 radical (unpaired) electrons. The van der Waals surface area contributed by atoms with Gasteiger partial charge in [0.25, 0.3) is 5.91 Å². The van der Waals surface area contributed by atoms with Crippen LogP contribution in [-0.2, 0) is 16.0 Å². The first-order valence-corrected chi connectivity index (χ1v) is 8.89. The number of ether oxygens (including phenoxy) is 5. The number of hydrogen-bond donors (Lipinski definition) is 1. The Hall–Kier alpha value is -3.42. The molecule has 0 spiro atoms. The second kappa shape index (κ2) is 10.8. The van der Waals surface area contributed by atoms with Crippen molar-refractivity contribution in [1.29, 1.82) is 0 Å². The molecule has 2 rings (SSSR count).